The van der Waals surface area contributed by atoms with E-state index in [4.69, 9.17) is 0 Å². The molecule has 0 aliphatic heterocycles. The molecule has 2 nitrogen and oxygen atoms in total. The quantitative estimate of drug-likeness (QED) is 0.156. The summed E-state index contributed by atoms with van der Waals surface area (Å²) in [5.74, 6) is 0. The fraction of sp³-hybridized carbons (Fsp3) is 0.0169. The third kappa shape index (κ3) is 5.50. The Morgan fingerprint density at radius 1 is 0.328 bits per heavy atom. The second kappa shape index (κ2) is 14.1. The average molecular weight is 777 g/mol. The van der Waals surface area contributed by atoms with Gasteiger partial charge in [-0.1, -0.05) is 182 Å². The van der Waals surface area contributed by atoms with Gasteiger partial charge in [0.05, 0.1) is 16.4 Å². The van der Waals surface area contributed by atoms with Gasteiger partial charge in [0.15, 0.2) is 0 Å². The van der Waals surface area contributed by atoms with Gasteiger partial charge in [-0.05, 0) is 116 Å². The summed E-state index contributed by atoms with van der Waals surface area (Å²) >= 11 is 0. The van der Waals surface area contributed by atoms with Crippen LogP contribution in [0.4, 0.5) is 17.1 Å². The number of benzene rings is 10. The summed E-state index contributed by atoms with van der Waals surface area (Å²) in [4.78, 5) is 2.44. The zero-order valence-corrected chi connectivity index (χ0v) is 33.5. The van der Waals surface area contributed by atoms with E-state index < -0.39 is 5.41 Å². The molecule has 1 aromatic heterocycles. The smallest absolute Gasteiger partial charge is 0.0714 e. The maximum Gasteiger partial charge on any atom is 0.0714 e. The maximum absolute atomic E-state index is 2.46. The summed E-state index contributed by atoms with van der Waals surface area (Å²) in [6.45, 7) is 0. The zero-order valence-electron chi connectivity index (χ0n) is 33.5. The first-order valence-electron chi connectivity index (χ1n) is 21.1. The third-order valence-corrected chi connectivity index (χ3v) is 12.8. The van der Waals surface area contributed by atoms with E-state index in [2.05, 4.69) is 252 Å². The molecule has 0 atom stereocenters. The van der Waals surface area contributed by atoms with E-state index in [-0.39, 0.29) is 0 Å². The van der Waals surface area contributed by atoms with Gasteiger partial charge in [0, 0.05) is 33.5 Å². The number of fused-ring (bicyclic) bond motifs is 7. The van der Waals surface area contributed by atoms with E-state index in [1.165, 1.54) is 71.5 Å². The van der Waals surface area contributed by atoms with Crippen molar-refractivity contribution in [3.05, 3.63) is 265 Å². The Balaban J connectivity index is 1.08. The van der Waals surface area contributed by atoms with Gasteiger partial charge in [-0.25, -0.2) is 0 Å². The molecule has 0 saturated heterocycles. The normalized spacial score (nSPS) is 12.7. The predicted octanol–water partition coefficient (Wildman–Crippen LogP) is 15.4. The molecule has 0 N–H and O–H groups in total. The molecular weight excluding hydrogens is 737 g/mol. The molecule has 61 heavy (non-hydrogen) atoms. The lowest BCUT2D eigenvalue weighted by Crippen LogP contribution is -2.28. The van der Waals surface area contributed by atoms with Crippen molar-refractivity contribution in [3.63, 3.8) is 0 Å². The minimum absolute atomic E-state index is 0.506. The van der Waals surface area contributed by atoms with Crippen molar-refractivity contribution in [2.24, 2.45) is 0 Å². The van der Waals surface area contributed by atoms with Gasteiger partial charge in [0.25, 0.3) is 0 Å². The van der Waals surface area contributed by atoms with Crippen LogP contribution < -0.4 is 4.90 Å². The summed E-state index contributed by atoms with van der Waals surface area (Å²) in [6, 6.07) is 89.2. The standard InChI is InChI=1S/C59H40N2/c1-4-20-45(21-5-1)59(46-22-6-2-7-23-46)55-29-14-12-27-51(55)52-36-34-50(40-56(52)59)60(49-33-31-41-17-10-11-18-42(41)37-49)48-26-16-19-43(38-48)44-32-35-54-53-28-13-15-30-57(53)61(58(54)39-44)47-24-8-3-9-25-47/h1-40H. The monoisotopic (exact) mass is 776 g/mol. The molecule has 1 aliphatic carbocycles. The maximum atomic E-state index is 2.46. The zero-order chi connectivity index (χ0) is 40.3. The Kier molecular flexibility index (Phi) is 8.11. The highest BCUT2D eigenvalue weighted by Gasteiger charge is 2.46. The SMILES string of the molecule is c1ccc(-n2c3ccccc3c3ccc(-c4cccc(N(c5ccc6c(c5)C(c5ccccc5)(c5ccccc5)c5ccccc5-6)c5ccc6ccccc6c5)c4)cc32)cc1. The summed E-state index contributed by atoms with van der Waals surface area (Å²) in [6.07, 6.45) is 0. The molecule has 286 valence electrons. The molecule has 0 amide bonds. The van der Waals surface area contributed by atoms with Crippen LogP contribution in [0.5, 0.6) is 0 Å². The highest BCUT2D eigenvalue weighted by atomic mass is 15.1. The molecule has 0 spiro atoms. The van der Waals surface area contributed by atoms with Crippen LogP contribution >= 0.6 is 0 Å². The Hall–Kier alpha value is -7.94. The molecule has 0 bridgehead atoms. The first kappa shape index (κ1) is 35.0. The summed E-state index contributed by atoms with van der Waals surface area (Å²) in [7, 11) is 0. The van der Waals surface area contributed by atoms with Crippen LogP contribution in [-0.4, -0.2) is 4.57 Å². The molecule has 10 aromatic carbocycles. The molecule has 0 radical (unpaired) electrons. The number of nitrogens with zero attached hydrogens (tertiary/aromatic N) is 2. The Morgan fingerprint density at radius 3 is 1.72 bits per heavy atom. The minimum atomic E-state index is -0.506. The molecular formula is C59H40N2. The summed E-state index contributed by atoms with van der Waals surface area (Å²) in [5, 5.41) is 4.93. The molecule has 2 heteroatoms. The van der Waals surface area contributed by atoms with Gasteiger partial charge in [0.2, 0.25) is 0 Å². The lowest BCUT2D eigenvalue weighted by atomic mass is 9.67. The van der Waals surface area contributed by atoms with Gasteiger partial charge in [-0.2, -0.15) is 0 Å². The second-order valence-corrected chi connectivity index (χ2v) is 16.1. The molecule has 1 heterocycles. The highest BCUT2D eigenvalue weighted by Crippen LogP contribution is 2.57. The second-order valence-electron chi connectivity index (χ2n) is 16.1. The number of hydrogen-bond donors (Lipinski definition) is 0. The van der Waals surface area contributed by atoms with Gasteiger partial charge < -0.3 is 9.47 Å². The predicted molar refractivity (Wildman–Crippen MR) is 256 cm³/mol. The van der Waals surface area contributed by atoms with Crippen molar-refractivity contribution in [3.8, 4) is 27.9 Å². The minimum Gasteiger partial charge on any atom is -0.310 e. The lowest BCUT2D eigenvalue weighted by Gasteiger charge is -2.35. The fourth-order valence-corrected chi connectivity index (χ4v) is 10.2. The van der Waals surface area contributed by atoms with Crippen LogP contribution in [0.25, 0.3) is 60.5 Å². The number of rotatable bonds is 7. The number of hydrogen-bond acceptors (Lipinski definition) is 1. The van der Waals surface area contributed by atoms with Gasteiger partial charge in [0.1, 0.15) is 0 Å². The van der Waals surface area contributed by atoms with E-state index in [0.717, 1.165) is 28.3 Å². The van der Waals surface area contributed by atoms with Crippen molar-refractivity contribution >= 4 is 49.6 Å². The van der Waals surface area contributed by atoms with Crippen LogP contribution in [0.15, 0.2) is 243 Å². The van der Waals surface area contributed by atoms with Crippen LogP contribution in [0.3, 0.4) is 0 Å². The van der Waals surface area contributed by atoms with Crippen molar-refractivity contribution in [1.82, 2.24) is 4.57 Å². The first-order valence-corrected chi connectivity index (χ1v) is 21.1. The number of para-hydroxylation sites is 2. The van der Waals surface area contributed by atoms with Crippen LogP contribution in [0.1, 0.15) is 22.3 Å². The average Bonchev–Trinajstić information content (AvgIpc) is 3.83. The van der Waals surface area contributed by atoms with E-state index >= 15 is 0 Å². The Labute approximate surface area is 355 Å². The number of anilines is 3. The summed E-state index contributed by atoms with van der Waals surface area (Å²) < 4.78 is 2.40. The lowest BCUT2D eigenvalue weighted by molar-refractivity contribution is 0.768. The van der Waals surface area contributed by atoms with Crippen molar-refractivity contribution in [1.29, 1.82) is 0 Å². The number of aromatic nitrogens is 1. The molecule has 0 saturated carbocycles. The molecule has 0 fully saturated rings. The molecule has 12 rings (SSSR count). The van der Waals surface area contributed by atoms with Crippen LogP contribution in [0, 0.1) is 0 Å². The van der Waals surface area contributed by atoms with Crippen LogP contribution in [0.2, 0.25) is 0 Å². The Morgan fingerprint density at radius 2 is 0.918 bits per heavy atom. The molecule has 11 aromatic rings. The molecule has 1 aliphatic rings. The largest absolute Gasteiger partial charge is 0.310 e. The third-order valence-electron chi connectivity index (χ3n) is 12.8. The van der Waals surface area contributed by atoms with Crippen molar-refractivity contribution < 1.29 is 0 Å². The van der Waals surface area contributed by atoms with Crippen LogP contribution in [-0.2, 0) is 5.41 Å². The fourth-order valence-electron chi connectivity index (χ4n) is 10.2. The van der Waals surface area contributed by atoms with Crippen molar-refractivity contribution in [2.75, 3.05) is 4.90 Å². The molecule has 0 unspecified atom stereocenters. The van der Waals surface area contributed by atoms with E-state index in [9.17, 15) is 0 Å². The van der Waals surface area contributed by atoms with Gasteiger partial charge in [-0.15, -0.1) is 0 Å². The van der Waals surface area contributed by atoms with E-state index in [1.54, 1.807) is 0 Å². The Bertz CT molecular complexity index is 3380. The van der Waals surface area contributed by atoms with E-state index in [0.29, 0.717) is 0 Å². The van der Waals surface area contributed by atoms with Crippen molar-refractivity contribution in [2.45, 2.75) is 5.41 Å². The van der Waals surface area contributed by atoms with Gasteiger partial charge in [-0.3, -0.25) is 0 Å². The van der Waals surface area contributed by atoms with Gasteiger partial charge >= 0.3 is 0 Å². The first-order chi connectivity index (χ1) is 30.3. The topological polar surface area (TPSA) is 8.17 Å². The highest BCUT2D eigenvalue weighted by molar-refractivity contribution is 6.10. The summed E-state index contributed by atoms with van der Waals surface area (Å²) in [5.41, 5.74) is 16.3. The van der Waals surface area contributed by atoms with E-state index in [1.807, 2.05) is 0 Å².